The third-order valence-corrected chi connectivity index (χ3v) is 4.89. The second-order valence-corrected chi connectivity index (χ2v) is 7.25. The van der Waals surface area contributed by atoms with Crippen molar-refractivity contribution < 1.29 is 4.79 Å². The summed E-state index contributed by atoms with van der Waals surface area (Å²) in [7, 11) is 2.11. The lowest BCUT2D eigenvalue weighted by atomic mass is 10.1. The average molecular weight is 377 g/mol. The van der Waals surface area contributed by atoms with Gasteiger partial charge in [0.05, 0.1) is 6.54 Å². The molecule has 0 saturated heterocycles. The molecular formula is C22H27N5O. The Kier molecular flexibility index (Phi) is 6.55. The lowest BCUT2D eigenvalue weighted by molar-refractivity contribution is 0.0950. The van der Waals surface area contributed by atoms with Crippen LogP contribution in [0.3, 0.4) is 0 Å². The van der Waals surface area contributed by atoms with Gasteiger partial charge in [-0.1, -0.05) is 36.4 Å². The van der Waals surface area contributed by atoms with E-state index in [2.05, 4.69) is 53.3 Å². The van der Waals surface area contributed by atoms with Crippen LogP contribution < -0.4 is 5.32 Å². The molecule has 1 amide bonds. The van der Waals surface area contributed by atoms with Gasteiger partial charge >= 0.3 is 0 Å². The Bertz CT molecular complexity index is 888. The number of carbonyl (C=O) groups is 1. The Morgan fingerprint density at radius 1 is 1.11 bits per heavy atom. The molecule has 0 saturated carbocycles. The number of nitrogens with zero attached hydrogens (tertiary/aromatic N) is 4. The van der Waals surface area contributed by atoms with E-state index in [4.69, 9.17) is 0 Å². The molecule has 0 radical (unpaired) electrons. The second-order valence-electron chi connectivity index (χ2n) is 7.25. The van der Waals surface area contributed by atoms with Crippen molar-refractivity contribution in [3.63, 3.8) is 0 Å². The molecule has 6 nitrogen and oxygen atoms in total. The van der Waals surface area contributed by atoms with Crippen molar-refractivity contribution in [2.45, 2.75) is 39.5 Å². The second kappa shape index (κ2) is 9.28. The van der Waals surface area contributed by atoms with Crippen LogP contribution in [-0.4, -0.2) is 38.7 Å². The van der Waals surface area contributed by atoms with E-state index in [-0.39, 0.29) is 5.91 Å². The van der Waals surface area contributed by atoms with E-state index in [9.17, 15) is 4.79 Å². The molecule has 0 aliphatic heterocycles. The highest BCUT2D eigenvalue weighted by molar-refractivity contribution is 5.94. The highest BCUT2D eigenvalue weighted by atomic mass is 16.1. The Morgan fingerprint density at radius 2 is 1.82 bits per heavy atom. The van der Waals surface area contributed by atoms with E-state index in [1.54, 1.807) is 11.0 Å². The SMILES string of the molecule is CC(C)N(C)Cc1ccccc1CNC(=O)c1ccc(Cn2cncn2)cc1. The van der Waals surface area contributed by atoms with Gasteiger partial charge in [0.15, 0.2) is 0 Å². The third-order valence-electron chi connectivity index (χ3n) is 4.89. The predicted octanol–water partition coefficient (Wildman–Crippen LogP) is 3.10. The van der Waals surface area contributed by atoms with Gasteiger partial charge in [0.1, 0.15) is 12.7 Å². The quantitative estimate of drug-likeness (QED) is 0.655. The minimum atomic E-state index is -0.0701. The van der Waals surface area contributed by atoms with Crippen LogP contribution in [0.2, 0.25) is 0 Å². The number of benzene rings is 2. The fourth-order valence-electron chi connectivity index (χ4n) is 2.88. The molecule has 146 valence electrons. The third kappa shape index (κ3) is 5.27. The van der Waals surface area contributed by atoms with Gasteiger partial charge < -0.3 is 5.32 Å². The minimum absolute atomic E-state index is 0.0701. The first kappa shape index (κ1) is 19.8. The summed E-state index contributed by atoms with van der Waals surface area (Å²) in [6, 6.07) is 16.3. The fraction of sp³-hybridized carbons (Fsp3) is 0.318. The van der Waals surface area contributed by atoms with Crippen molar-refractivity contribution in [1.82, 2.24) is 25.0 Å². The lowest BCUT2D eigenvalue weighted by Gasteiger charge is -2.22. The van der Waals surface area contributed by atoms with Gasteiger partial charge in [0.2, 0.25) is 0 Å². The Balaban J connectivity index is 1.60. The molecule has 1 aromatic heterocycles. The molecular weight excluding hydrogens is 350 g/mol. The maximum Gasteiger partial charge on any atom is 0.251 e. The van der Waals surface area contributed by atoms with E-state index >= 15 is 0 Å². The van der Waals surface area contributed by atoms with Gasteiger partial charge in [-0.05, 0) is 49.7 Å². The summed E-state index contributed by atoms with van der Waals surface area (Å²) < 4.78 is 1.75. The molecule has 6 heteroatoms. The van der Waals surface area contributed by atoms with Crippen LogP contribution in [-0.2, 0) is 19.6 Å². The van der Waals surface area contributed by atoms with E-state index in [1.165, 1.54) is 11.9 Å². The van der Waals surface area contributed by atoms with Crippen molar-refractivity contribution in [3.05, 3.63) is 83.4 Å². The summed E-state index contributed by atoms with van der Waals surface area (Å²) in [5.74, 6) is -0.0701. The molecule has 0 atom stereocenters. The molecule has 0 spiro atoms. The number of rotatable bonds is 8. The number of hydrogen-bond acceptors (Lipinski definition) is 4. The molecule has 2 aromatic carbocycles. The van der Waals surface area contributed by atoms with Crippen LogP contribution in [0, 0.1) is 0 Å². The molecule has 28 heavy (non-hydrogen) atoms. The number of aromatic nitrogens is 3. The minimum Gasteiger partial charge on any atom is -0.348 e. The Labute approximate surface area is 166 Å². The highest BCUT2D eigenvalue weighted by Crippen LogP contribution is 2.13. The monoisotopic (exact) mass is 377 g/mol. The standard InChI is InChI=1S/C22H27N5O/c1-17(2)26(3)14-21-7-5-4-6-20(21)12-24-22(28)19-10-8-18(9-11-19)13-27-16-23-15-25-27/h4-11,15-17H,12-14H2,1-3H3,(H,24,28). The molecule has 0 unspecified atom stereocenters. The molecule has 3 aromatic rings. The van der Waals surface area contributed by atoms with Gasteiger partial charge in [-0.3, -0.25) is 9.69 Å². The van der Waals surface area contributed by atoms with Gasteiger partial charge in [0, 0.05) is 24.7 Å². The van der Waals surface area contributed by atoms with Gasteiger partial charge in [-0.15, -0.1) is 0 Å². The summed E-state index contributed by atoms with van der Waals surface area (Å²) >= 11 is 0. The first-order valence-electron chi connectivity index (χ1n) is 9.49. The van der Waals surface area contributed by atoms with E-state index in [1.807, 2.05) is 36.4 Å². The normalized spacial score (nSPS) is 11.2. The zero-order valence-corrected chi connectivity index (χ0v) is 16.7. The zero-order valence-electron chi connectivity index (χ0n) is 16.7. The lowest BCUT2D eigenvalue weighted by Crippen LogP contribution is -2.27. The Hall–Kier alpha value is -2.99. The van der Waals surface area contributed by atoms with Crippen LogP contribution in [0.25, 0.3) is 0 Å². The summed E-state index contributed by atoms with van der Waals surface area (Å²) in [5.41, 5.74) is 4.11. The summed E-state index contributed by atoms with van der Waals surface area (Å²) in [6.45, 7) is 6.37. The molecule has 1 N–H and O–H groups in total. The van der Waals surface area contributed by atoms with Gasteiger partial charge in [-0.2, -0.15) is 5.10 Å². The number of amides is 1. The molecule has 0 bridgehead atoms. The van der Waals surface area contributed by atoms with E-state index in [0.717, 1.165) is 17.7 Å². The molecule has 0 aliphatic carbocycles. The number of carbonyl (C=O) groups excluding carboxylic acids is 1. The van der Waals surface area contributed by atoms with Crippen LogP contribution in [0.5, 0.6) is 0 Å². The van der Waals surface area contributed by atoms with Crippen LogP contribution in [0.15, 0.2) is 61.2 Å². The van der Waals surface area contributed by atoms with Crippen molar-refractivity contribution >= 4 is 5.91 Å². The first-order chi connectivity index (χ1) is 13.5. The first-order valence-corrected chi connectivity index (χ1v) is 9.49. The number of hydrogen-bond donors (Lipinski definition) is 1. The maximum absolute atomic E-state index is 12.5. The topological polar surface area (TPSA) is 63.1 Å². The van der Waals surface area contributed by atoms with Crippen LogP contribution in [0.4, 0.5) is 0 Å². The molecule has 0 aliphatic rings. The van der Waals surface area contributed by atoms with E-state index < -0.39 is 0 Å². The molecule has 3 rings (SSSR count). The van der Waals surface area contributed by atoms with Crippen LogP contribution >= 0.6 is 0 Å². The Morgan fingerprint density at radius 3 is 2.46 bits per heavy atom. The predicted molar refractivity (Wildman–Crippen MR) is 110 cm³/mol. The maximum atomic E-state index is 12.5. The zero-order chi connectivity index (χ0) is 19.9. The average Bonchev–Trinajstić information content (AvgIpc) is 3.20. The fourth-order valence-corrected chi connectivity index (χ4v) is 2.88. The van der Waals surface area contributed by atoms with Crippen molar-refractivity contribution in [2.75, 3.05) is 7.05 Å². The van der Waals surface area contributed by atoms with Gasteiger partial charge in [0.25, 0.3) is 5.91 Å². The van der Waals surface area contributed by atoms with Crippen molar-refractivity contribution in [1.29, 1.82) is 0 Å². The summed E-state index contributed by atoms with van der Waals surface area (Å²) in [6.07, 6.45) is 3.19. The highest BCUT2D eigenvalue weighted by Gasteiger charge is 2.10. The van der Waals surface area contributed by atoms with Crippen molar-refractivity contribution in [2.24, 2.45) is 0 Å². The van der Waals surface area contributed by atoms with Crippen molar-refractivity contribution in [3.8, 4) is 0 Å². The van der Waals surface area contributed by atoms with Gasteiger partial charge in [-0.25, -0.2) is 9.67 Å². The summed E-state index contributed by atoms with van der Waals surface area (Å²) in [4.78, 5) is 18.8. The largest absolute Gasteiger partial charge is 0.348 e. The van der Waals surface area contributed by atoms with E-state index in [0.29, 0.717) is 24.7 Å². The van der Waals surface area contributed by atoms with Crippen LogP contribution in [0.1, 0.15) is 40.9 Å². The smallest absolute Gasteiger partial charge is 0.251 e. The number of nitrogens with one attached hydrogen (secondary N) is 1. The molecule has 0 fully saturated rings. The molecule has 1 heterocycles. The summed E-state index contributed by atoms with van der Waals surface area (Å²) in [5, 5.41) is 7.13.